The summed E-state index contributed by atoms with van der Waals surface area (Å²) in [5.74, 6) is 6.09. The number of aliphatic hydroxyl groups is 1. The van der Waals surface area contributed by atoms with Crippen LogP contribution in [0.15, 0.2) is 91.1 Å². The number of nitrogens with zero attached hydrogens (tertiary/aromatic N) is 2. The summed E-state index contributed by atoms with van der Waals surface area (Å²) in [6.07, 6.45) is 3.35. The lowest BCUT2D eigenvalue weighted by Gasteiger charge is -2.18. The first-order valence-corrected chi connectivity index (χ1v) is 15.0. The number of aryl methyl sites for hydroxylation is 1. The smallest absolute Gasteiger partial charge is 0.258 e. The number of ether oxygens (including phenoxy) is 1. The fourth-order valence-electron chi connectivity index (χ4n) is 5.28. The first kappa shape index (κ1) is 31.8. The number of hydrogen-bond donors (Lipinski definition) is 3. The fraction of sp³-hybridized carbons (Fsp3) is 0.184. The average molecular weight is 613 g/mol. The van der Waals surface area contributed by atoms with Gasteiger partial charge in [0.2, 0.25) is 0 Å². The normalized spacial score (nSPS) is 10.6. The number of carbonyl (C=O) groups excluding carboxylic acids is 2. The van der Waals surface area contributed by atoms with Gasteiger partial charge in [-0.25, -0.2) is 0 Å². The molecule has 0 spiro atoms. The van der Waals surface area contributed by atoms with E-state index in [-0.39, 0.29) is 18.1 Å². The summed E-state index contributed by atoms with van der Waals surface area (Å²) in [7, 11) is 3.35. The Hall–Kier alpha value is -5.65. The van der Waals surface area contributed by atoms with E-state index in [1.165, 1.54) is 6.20 Å². The monoisotopic (exact) mass is 612 g/mol. The third kappa shape index (κ3) is 7.34. The number of anilines is 3. The number of unbranched alkanes of at least 4 members (excludes halogenated alkanes) is 1. The van der Waals surface area contributed by atoms with Crippen molar-refractivity contribution in [3.8, 4) is 17.6 Å². The van der Waals surface area contributed by atoms with Crippen LogP contribution < -0.4 is 20.7 Å². The molecule has 0 fully saturated rings. The molecule has 0 bridgehead atoms. The molecule has 1 aromatic heterocycles. The number of hydrogen-bond acceptors (Lipinski definition) is 6. The van der Waals surface area contributed by atoms with Crippen LogP contribution in [0.4, 0.5) is 17.1 Å². The van der Waals surface area contributed by atoms with Crippen molar-refractivity contribution >= 4 is 39.8 Å². The Morgan fingerprint density at radius 3 is 2.52 bits per heavy atom. The highest BCUT2D eigenvalue weighted by atomic mass is 16.5. The van der Waals surface area contributed by atoms with E-state index in [1.54, 1.807) is 19.1 Å². The second-order valence-electron chi connectivity index (χ2n) is 11.0. The minimum Gasteiger partial charge on any atom is -0.497 e. The molecule has 8 nitrogen and oxygen atoms in total. The molecule has 0 aliphatic carbocycles. The van der Waals surface area contributed by atoms with Crippen LogP contribution in [0.25, 0.3) is 10.9 Å². The van der Waals surface area contributed by atoms with Gasteiger partial charge in [0.25, 0.3) is 11.8 Å². The number of methoxy groups -OCH3 is 1. The van der Waals surface area contributed by atoms with Crippen molar-refractivity contribution in [1.29, 1.82) is 0 Å². The summed E-state index contributed by atoms with van der Waals surface area (Å²) in [6, 6.07) is 26.7. The predicted molar refractivity (Wildman–Crippen MR) is 183 cm³/mol. The van der Waals surface area contributed by atoms with Crippen LogP contribution in [-0.2, 0) is 6.42 Å². The van der Waals surface area contributed by atoms with Crippen LogP contribution in [0, 0.1) is 18.8 Å². The Kier molecular flexibility index (Phi) is 9.96. The Morgan fingerprint density at radius 1 is 1.00 bits per heavy atom. The molecule has 0 atom stereocenters. The molecule has 5 rings (SSSR count). The molecule has 46 heavy (non-hydrogen) atoms. The minimum absolute atomic E-state index is 0.126. The van der Waals surface area contributed by atoms with Gasteiger partial charge in [0.05, 0.1) is 23.9 Å². The number of carbonyl (C=O) groups is 2. The number of nitrogens with one attached hydrogen (secondary N) is 1. The maximum Gasteiger partial charge on any atom is 0.258 e. The van der Waals surface area contributed by atoms with Crippen molar-refractivity contribution in [2.24, 2.45) is 5.73 Å². The van der Waals surface area contributed by atoms with Gasteiger partial charge < -0.3 is 25.8 Å². The van der Waals surface area contributed by atoms with E-state index in [2.05, 4.69) is 28.2 Å². The number of rotatable bonds is 10. The van der Waals surface area contributed by atoms with Crippen LogP contribution in [0.3, 0.4) is 0 Å². The molecular weight excluding hydrogens is 576 g/mol. The number of amides is 2. The van der Waals surface area contributed by atoms with Gasteiger partial charge in [0.1, 0.15) is 5.75 Å². The Balaban J connectivity index is 1.41. The molecule has 4 N–H and O–H groups in total. The maximum atomic E-state index is 13.5. The van der Waals surface area contributed by atoms with Crippen LogP contribution >= 0.6 is 0 Å². The fourth-order valence-corrected chi connectivity index (χ4v) is 5.28. The first-order chi connectivity index (χ1) is 22.3. The Labute approximate surface area is 268 Å². The molecule has 0 saturated heterocycles. The van der Waals surface area contributed by atoms with Gasteiger partial charge in [-0.05, 0) is 91.1 Å². The Morgan fingerprint density at radius 2 is 1.78 bits per heavy atom. The molecule has 0 radical (unpaired) electrons. The van der Waals surface area contributed by atoms with E-state index in [9.17, 15) is 9.59 Å². The molecule has 0 aliphatic rings. The Bertz CT molecular complexity index is 1960. The highest BCUT2D eigenvalue weighted by Gasteiger charge is 2.17. The molecule has 4 aromatic carbocycles. The quantitative estimate of drug-likeness (QED) is 0.124. The molecular formula is C38H36N4O4. The highest BCUT2D eigenvalue weighted by Crippen LogP contribution is 2.33. The van der Waals surface area contributed by atoms with E-state index < -0.39 is 5.91 Å². The predicted octanol–water partition coefficient (Wildman–Crippen LogP) is 6.39. The highest BCUT2D eigenvalue weighted by molar-refractivity contribution is 6.08. The van der Waals surface area contributed by atoms with Crippen molar-refractivity contribution in [1.82, 2.24) is 4.98 Å². The molecule has 232 valence electrons. The van der Waals surface area contributed by atoms with Gasteiger partial charge in [0, 0.05) is 60.2 Å². The summed E-state index contributed by atoms with van der Waals surface area (Å²) >= 11 is 0. The van der Waals surface area contributed by atoms with Crippen LogP contribution in [0.2, 0.25) is 0 Å². The number of fused-ring (bicyclic) bond motifs is 1. The molecule has 0 unspecified atom stereocenters. The van der Waals surface area contributed by atoms with Gasteiger partial charge in [0.15, 0.2) is 0 Å². The lowest BCUT2D eigenvalue weighted by molar-refractivity contribution is 0.0988. The maximum absolute atomic E-state index is 13.5. The van der Waals surface area contributed by atoms with Gasteiger partial charge in [-0.2, -0.15) is 0 Å². The zero-order valence-electron chi connectivity index (χ0n) is 26.1. The lowest BCUT2D eigenvalue weighted by atomic mass is 9.97. The van der Waals surface area contributed by atoms with E-state index in [1.807, 2.05) is 85.8 Å². The topological polar surface area (TPSA) is 118 Å². The molecule has 2 amide bonds. The largest absolute Gasteiger partial charge is 0.497 e. The van der Waals surface area contributed by atoms with E-state index in [0.29, 0.717) is 36.3 Å². The molecule has 1 heterocycles. The van der Waals surface area contributed by atoms with Crippen molar-refractivity contribution in [3.05, 3.63) is 125 Å². The van der Waals surface area contributed by atoms with E-state index in [4.69, 9.17) is 15.6 Å². The molecule has 8 heteroatoms. The number of aromatic nitrogens is 1. The lowest BCUT2D eigenvalue weighted by Crippen LogP contribution is -2.26. The van der Waals surface area contributed by atoms with Gasteiger partial charge in [-0.3, -0.25) is 14.6 Å². The minimum atomic E-state index is -0.584. The van der Waals surface area contributed by atoms with Gasteiger partial charge in [-0.1, -0.05) is 36.1 Å². The first-order valence-electron chi connectivity index (χ1n) is 15.0. The van der Waals surface area contributed by atoms with E-state index >= 15 is 0 Å². The third-order valence-electron chi connectivity index (χ3n) is 7.66. The standard InChI is InChI=1S/C38H36N4O4/c1-25-19-28(22-33-35(25)40-24-34(37(39)44)36(33)41-30-12-8-13-32(23-30)46-3)20-27-10-7-11-29(21-27)38(45)42(2)31-16-14-26(15-17-31)9-5-4-6-18-43/h7-8,10-17,19,21-24,43H,4,6,18,20H2,1-3H3,(H2,39,44)(H,40,41). The number of nitrogens with two attached hydrogens (primary N) is 1. The third-order valence-corrected chi connectivity index (χ3v) is 7.66. The number of primary amides is 1. The van der Waals surface area contributed by atoms with Gasteiger partial charge in [-0.15, -0.1) is 0 Å². The SMILES string of the molecule is COc1cccc(Nc2c(C(N)=O)cnc3c(C)cc(Cc4cccc(C(=O)N(C)c5ccc(C#CCCCO)cc5)c4)cc23)c1. The summed E-state index contributed by atoms with van der Waals surface area (Å²) in [4.78, 5) is 32.1. The zero-order chi connectivity index (χ0) is 32.6. The van der Waals surface area contributed by atoms with Crippen LogP contribution in [-0.4, -0.2) is 42.7 Å². The second-order valence-corrected chi connectivity index (χ2v) is 11.0. The molecule has 0 aliphatic heterocycles. The average Bonchev–Trinajstić information content (AvgIpc) is 3.06. The number of aliphatic hydroxyl groups excluding tert-OH is 1. The van der Waals surface area contributed by atoms with Gasteiger partial charge >= 0.3 is 0 Å². The summed E-state index contributed by atoms with van der Waals surface area (Å²) in [6.45, 7) is 2.11. The number of pyridine rings is 1. The number of benzene rings is 4. The summed E-state index contributed by atoms with van der Waals surface area (Å²) in [5, 5.41) is 13.1. The summed E-state index contributed by atoms with van der Waals surface area (Å²) < 4.78 is 5.37. The van der Waals surface area contributed by atoms with Crippen molar-refractivity contribution in [3.63, 3.8) is 0 Å². The molecule has 0 saturated carbocycles. The van der Waals surface area contributed by atoms with Crippen molar-refractivity contribution < 1.29 is 19.4 Å². The van der Waals surface area contributed by atoms with Crippen molar-refractivity contribution in [2.75, 3.05) is 31.0 Å². The van der Waals surface area contributed by atoms with E-state index in [0.717, 1.165) is 44.5 Å². The second kappa shape index (κ2) is 14.4. The molecule has 5 aromatic rings. The van der Waals surface area contributed by atoms with Crippen LogP contribution in [0.1, 0.15) is 55.8 Å². The zero-order valence-corrected chi connectivity index (χ0v) is 26.1. The van der Waals surface area contributed by atoms with Crippen LogP contribution in [0.5, 0.6) is 5.75 Å². The van der Waals surface area contributed by atoms with Crippen molar-refractivity contribution in [2.45, 2.75) is 26.2 Å². The summed E-state index contributed by atoms with van der Waals surface area (Å²) in [5.41, 5.74) is 13.2.